The summed E-state index contributed by atoms with van der Waals surface area (Å²) in [5, 5.41) is 11.7. The molecule has 110 valence electrons. The van der Waals surface area contributed by atoms with Crippen molar-refractivity contribution in [1.82, 2.24) is 0 Å². The summed E-state index contributed by atoms with van der Waals surface area (Å²) in [4.78, 5) is 11.0. The number of anilines is 1. The summed E-state index contributed by atoms with van der Waals surface area (Å²) in [6, 6.07) is 4.67. The summed E-state index contributed by atoms with van der Waals surface area (Å²) in [5.41, 5.74) is 1.40. The quantitative estimate of drug-likeness (QED) is 0.870. The van der Waals surface area contributed by atoms with Gasteiger partial charge in [0.1, 0.15) is 0 Å². The van der Waals surface area contributed by atoms with Gasteiger partial charge in [0.25, 0.3) is 0 Å². The van der Waals surface area contributed by atoms with Crippen LogP contribution < -0.4 is 5.32 Å². The first kappa shape index (κ1) is 14.8. The lowest BCUT2D eigenvalue weighted by molar-refractivity contribution is -0.167. The molecule has 2 atom stereocenters. The molecule has 0 aliphatic heterocycles. The van der Waals surface area contributed by atoms with Crippen LogP contribution in [0.4, 0.5) is 18.9 Å². The Balaban J connectivity index is 2.29. The molecule has 0 saturated heterocycles. The van der Waals surface area contributed by atoms with E-state index >= 15 is 0 Å². The van der Waals surface area contributed by atoms with Crippen LogP contribution in [0.3, 0.4) is 0 Å². The summed E-state index contributed by atoms with van der Waals surface area (Å²) in [6.45, 7) is 0. The van der Waals surface area contributed by atoms with E-state index in [1.54, 1.807) is 12.1 Å². The fraction of sp³-hybridized carbons (Fsp3) is 0.462. The van der Waals surface area contributed by atoms with Crippen molar-refractivity contribution in [3.05, 3.63) is 29.3 Å². The van der Waals surface area contributed by atoms with E-state index in [0.29, 0.717) is 11.1 Å². The molecule has 1 aliphatic rings. The molecule has 0 heterocycles. The molecule has 1 aromatic carbocycles. The molecule has 0 bridgehead atoms. The van der Waals surface area contributed by atoms with Gasteiger partial charge in [-0.15, -0.1) is 0 Å². The highest BCUT2D eigenvalue weighted by atomic mass is 19.4. The number of amides is 1. The van der Waals surface area contributed by atoms with E-state index in [9.17, 15) is 23.1 Å². The number of methoxy groups -OCH3 is 1. The predicted molar refractivity (Wildman–Crippen MR) is 65.3 cm³/mol. The second kappa shape index (κ2) is 5.41. The van der Waals surface area contributed by atoms with Gasteiger partial charge in [0.05, 0.1) is 12.2 Å². The second-order valence-electron chi connectivity index (χ2n) is 4.64. The van der Waals surface area contributed by atoms with Gasteiger partial charge in [0, 0.05) is 25.6 Å². The van der Waals surface area contributed by atoms with Gasteiger partial charge in [-0.1, -0.05) is 12.1 Å². The molecule has 0 aromatic heterocycles. The molecule has 7 heteroatoms. The van der Waals surface area contributed by atoms with Crippen LogP contribution in [0.5, 0.6) is 0 Å². The van der Waals surface area contributed by atoms with Crippen molar-refractivity contribution < 1.29 is 27.8 Å². The molecule has 0 saturated carbocycles. The van der Waals surface area contributed by atoms with E-state index in [0.717, 1.165) is 0 Å². The van der Waals surface area contributed by atoms with Gasteiger partial charge in [-0.25, -0.2) is 0 Å². The zero-order valence-corrected chi connectivity index (χ0v) is 10.7. The van der Waals surface area contributed by atoms with Gasteiger partial charge < -0.3 is 15.2 Å². The Morgan fingerprint density at radius 2 is 2.10 bits per heavy atom. The molecule has 0 spiro atoms. The van der Waals surface area contributed by atoms with Crippen LogP contribution in [-0.4, -0.2) is 36.5 Å². The van der Waals surface area contributed by atoms with Gasteiger partial charge in [-0.3, -0.25) is 4.79 Å². The van der Waals surface area contributed by atoms with Crippen LogP contribution in [0.2, 0.25) is 0 Å². The Bertz CT molecular complexity index is 516. The molecule has 0 fully saturated rings. The first-order valence-electron chi connectivity index (χ1n) is 6.02. The molecule has 0 unspecified atom stereocenters. The van der Waals surface area contributed by atoms with E-state index in [2.05, 4.69) is 0 Å². The molecule has 1 aliphatic carbocycles. The Kier molecular flexibility index (Phi) is 4.01. The zero-order chi connectivity index (χ0) is 14.9. The van der Waals surface area contributed by atoms with Gasteiger partial charge in [0.15, 0.2) is 0 Å². The van der Waals surface area contributed by atoms with Crippen molar-refractivity contribution in [3.8, 4) is 0 Å². The Labute approximate surface area is 113 Å². The fourth-order valence-electron chi connectivity index (χ4n) is 2.31. The average molecular weight is 289 g/mol. The number of nitrogens with one attached hydrogen (secondary N) is 1. The molecular weight excluding hydrogens is 275 g/mol. The number of carbonyl (C=O) groups is 1. The third-order valence-electron chi connectivity index (χ3n) is 3.34. The molecule has 2 N–H and O–H groups in total. The van der Waals surface area contributed by atoms with Crippen LogP contribution in [0.15, 0.2) is 18.2 Å². The fourth-order valence-corrected chi connectivity index (χ4v) is 2.31. The van der Waals surface area contributed by atoms with Crippen molar-refractivity contribution in [3.63, 3.8) is 0 Å². The van der Waals surface area contributed by atoms with Crippen LogP contribution >= 0.6 is 0 Å². The molecule has 0 radical (unpaired) electrons. The second-order valence-corrected chi connectivity index (χ2v) is 4.64. The summed E-state index contributed by atoms with van der Waals surface area (Å²) >= 11 is 0. The van der Waals surface area contributed by atoms with Crippen LogP contribution in [0.1, 0.15) is 11.1 Å². The van der Waals surface area contributed by atoms with Crippen molar-refractivity contribution in [2.75, 3.05) is 12.4 Å². The average Bonchev–Trinajstić information content (AvgIpc) is 2.37. The number of rotatable bonds is 2. The van der Waals surface area contributed by atoms with Crippen molar-refractivity contribution >= 4 is 11.6 Å². The summed E-state index contributed by atoms with van der Waals surface area (Å²) in [7, 11) is 1.43. The molecule has 1 aromatic rings. The number of halogens is 3. The summed E-state index contributed by atoms with van der Waals surface area (Å²) < 4.78 is 42.0. The topological polar surface area (TPSA) is 58.6 Å². The van der Waals surface area contributed by atoms with Gasteiger partial charge in [-0.05, 0) is 17.2 Å². The maximum Gasteiger partial charge on any atom is 0.471 e. The Morgan fingerprint density at radius 3 is 2.70 bits per heavy atom. The third-order valence-corrected chi connectivity index (χ3v) is 3.34. The minimum absolute atomic E-state index is 0.110. The lowest BCUT2D eigenvalue weighted by atomic mass is 9.86. The standard InChI is InChI=1S/C13H14F3NO3/c1-20-11-6-8-7(5-10(11)18)3-2-4-9(8)17-12(19)13(14,15)16/h2-4,10-11,18H,5-6H2,1H3,(H,17,19)/t10-,11-/m1/s1. The van der Waals surface area contributed by atoms with Crippen LogP contribution in [0.25, 0.3) is 0 Å². The maximum absolute atomic E-state index is 12.3. The molecular formula is C13H14F3NO3. The molecule has 1 amide bonds. The number of carbonyl (C=O) groups excluding carboxylic acids is 1. The van der Waals surface area contributed by atoms with E-state index in [4.69, 9.17) is 4.74 Å². The highest BCUT2D eigenvalue weighted by molar-refractivity contribution is 5.95. The van der Waals surface area contributed by atoms with Crippen molar-refractivity contribution in [2.24, 2.45) is 0 Å². The number of benzene rings is 1. The Hall–Kier alpha value is -1.60. The van der Waals surface area contributed by atoms with E-state index in [1.165, 1.54) is 13.2 Å². The van der Waals surface area contributed by atoms with E-state index in [1.807, 2.05) is 5.32 Å². The highest BCUT2D eigenvalue weighted by Crippen LogP contribution is 2.30. The lowest BCUT2D eigenvalue weighted by Gasteiger charge is -2.30. The highest BCUT2D eigenvalue weighted by Gasteiger charge is 2.39. The van der Waals surface area contributed by atoms with Gasteiger partial charge in [-0.2, -0.15) is 13.2 Å². The lowest BCUT2D eigenvalue weighted by Crippen LogP contribution is -2.37. The van der Waals surface area contributed by atoms with Crippen LogP contribution in [0, 0.1) is 0 Å². The SMILES string of the molecule is CO[C@@H]1Cc2c(cccc2NC(=O)C(F)(F)F)C[C@H]1O. The number of hydrogen-bond donors (Lipinski definition) is 2. The predicted octanol–water partition coefficient (Wildman–Crippen LogP) is 1.66. The number of ether oxygens (including phenoxy) is 1. The normalized spacial score (nSPS) is 22.2. The smallest absolute Gasteiger partial charge is 0.390 e. The number of hydrogen-bond acceptors (Lipinski definition) is 3. The number of aliphatic hydroxyl groups is 1. The minimum Gasteiger partial charge on any atom is -0.390 e. The van der Waals surface area contributed by atoms with Crippen molar-refractivity contribution in [2.45, 2.75) is 31.2 Å². The number of fused-ring (bicyclic) bond motifs is 1. The first-order chi connectivity index (χ1) is 9.32. The monoisotopic (exact) mass is 289 g/mol. The number of aliphatic hydroxyl groups excluding tert-OH is 1. The van der Waals surface area contributed by atoms with E-state index < -0.39 is 24.3 Å². The first-order valence-corrected chi connectivity index (χ1v) is 6.02. The third kappa shape index (κ3) is 2.94. The minimum atomic E-state index is -4.93. The largest absolute Gasteiger partial charge is 0.471 e. The zero-order valence-electron chi connectivity index (χ0n) is 10.7. The number of alkyl halides is 3. The van der Waals surface area contributed by atoms with Crippen molar-refractivity contribution in [1.29, 1.82) is 0 Å². The summed E-state index contributed by atoms with van der Waals surface area (Å²) in [5.74, 6) is -2.01. The molecule has 20 heavy (non-hydrogen) atoms. The summed E-state index contributed by atoms with van der Waals surface area (Å²) in [6.07, 6.45) is -5.60. The maximum atomic E-state index is 12.3. The van der Waals surface area contributed by atoms with Gasteiger partial charge in [0.2, 0.25) is 0 Å². The van der Waals surface area contributed by atoms with E-state index in [-0.39, 0.29) is 18.5 Å². The molecule has 2 rings (SSSR count). The molecule has 4 nitrogen and oxygen atoms in total. The Morgan fingerprint density at radius 1 is 1.40 bits per heavy atom. The van der Waals surface area contributed by atoms with Gasteiger partial charge >= 0.3 is 12.1 Å². The van der Waals surface area contributed by atoms with Crippen LogP contribution in [-0.2, 0) is 22.4 Å².